The van der Waals surface area contributed by atoms with E-state index in [9.17, 15) is 4.79 Å². The molecule has 0 radical (unpaired) electrons. The lowest BCUT2D eigenvalue weighted by atomic mass is 10.2. The zero-order valence-electron chi connectivity index (χ0n) is 7.70. The number of aryl methyl sites for hydroxylation is 1. The Labute approximate surface area is 86.3 Å². The number of nitrogens with zero attached hydrogens (tertiary/aromatic N) is 2. The highest BCUT2D eigenvalue weighted by atomic mass is 35.5. The summed E-state index contributed by atoms with van der Waals surface area (Å²) in [6.07, 6.45) is 0. The fraction of sp³-hybridized carbons (Fsp3) is 0.200. The van der Waals surface area contributed by atoms with Crippen LogP contribution in [-0.2, 0) is 7.05 Å². The third-order valence-corrected chi connectivity index (χ3v) is 2.37. The first-order valence-corrected chi connectivity index (χ1v) is 4.78. The molecule has 0 fully saturated rings. The van der Waals surface area contributed by atoms with Crippen LogP contribution in [0.25, 0.3) is 10.9 Å². The van der Waals surface area contributed by atoms with Crippen LogP contribution in [0, 0.1) is 0 Å². The van der Waals surface area contributed by atoms with Crippen molar-refractivity contribution in [3.05, 3.63) is 30.0 Å². The average molecular weight is 209 g/mol. The molecule has 1 heterocycles. The number of aromatic nitrogens is 2. The van der Waals surface area contributed by atoms with Gasteiger partial charge in [0.05, 0.1) is 11.4 Å². The fourth-order valence-corrected chi connectivity index (χ4v) is 1.67. The lowest BCUT2D eigenvalue weighted by molar-refractivity contribution is 0.101. The second-order valence-electron chi connectivity index (χ2n) is 3.05. The van der Waals surface area contributed by atoms with E-state index >= 15 is 0 Å². The van der Waals surface area contributed by atoms with Crippen molar-refractivity contribution in [1.29, 1.82) is 0 Å². The molecule has 4 heteroatoms. The molecule has 0 saturated heterocycles. The van der Waals surface area contributed by atoms with Crippen LogP contribution in [0.4, 0.5) is 0 Å². The summed E-state index contributed by atoms with van der Waals surface area (Å²) in [6.45, 7) is 0. The van der Waals surface area contributed by atoms with Gasteiger partial charge in [-0.2, -0.15) is 5.10 Å². The maximum Gasteiger partial charge on any atom is 0.196 e. The van der Waals surface area contributed by atoms with E-state index in [-0.39, 0.29) is 11.7 Å². The topological polar surface area (TPSA) is 34.9 Å². The summed E-state index contributed by atoms with van der Waals surface area (Å²) in [5, 5.41) is 5.08. The third-order valence-electron chi connectivity index (χ3n) is 2.13. The number of benzene rings is 1. The minimum Gasteiger partial charge on any atom is -0.291 e. The lowest BCUT2D eigenvalue weighted by Crippen LogP contribution is -2.08. The number of fused-ring (bicyclic) bond motifs is 1. The van der Waals surface area contributed by atoms with Crippen molar-refractivity contribution in [3.63, 3.8) is 0 Å². The van der Waals surface area contributed by atoms with E-state index in [0.29, 0.717) is 5.69 Å². The molecule has 0 N–H and O–H groups in total. The van der Waals surface area contributed by atoms with Gasteiger partial charge in [-0.3, -0.25) is 9.48 Å². The number of carbonyl (C=O) groups is 1. The van der Waals surface area contributed by atoms with Crippen LogP contribution in [0.3, 0.4) is 0 Å². The molecular formula is C10H9ClN2O. The molecule has 0 saturated carbocycles. The molecule has 0 aliphatic heterocycles. The third kappa shape index (κ3) is 1.30. The quantitative estimate of drug-likeness (QED) is 0.559. The van der Waals surface area contributed by atoms with Gasteiger partial charge in [0, 0.05) is 12.4 Å². The Kier molecular flexibility index (Phi) is 2.25. The highest BCUT2D eigenvalue weighted by Gasteiger charge is 2.14. The van der Waals surface area contributed by atoms with Crippen LogP contribution in [0.5, 0.6) is 0 Å². The van der Waals surface area contributed by atoms with Crippen LogP contribution in [0.1, 0.15) is 10.5 Å². The van der Waals surface area contributed by atoms with Crippen molar-refractivity contribution < 1.29 is 4.79 Å². The van der Waals surface area contributed by atoms with Gasteiger partial charge in [-0.05, 0) is 6.07 Å². The predicted molar refractivity (Wildman–Crippen MR) is 55.8 cm³/mol. The normalized spacial score (nSPS) is 10.7. The van der Waals surface area contributed by atoms with Crippen molar-refractivity contribution >= 4 is 28.3 Å². The summed E-state index contributed by atoms with van der Waals surface area (Å²) in [5.41, 5.74) is 1.40. The highest BCUT2D eigenvalue weighted by Crippen LogP contribution is 2.17. The van der Waals surface area contributed by atoms with E-state index in [4.69, 9.17) is 11.6 Å². The van der Waals surface area contributed by atoms with E-state index in [0.717, 1.165) is 10.9 Å². The molecule has 1 aromatic carbocycles. The van der Waals surface area contributed by atoms with Gasteiger partial charge in [-0.15, -0.1) is 11.6 Å². The van der Waals surface area contributed by atoms with Crippen molar-refractivity contribution in [2.45, 2.75) is 0 Å². The van der Waals surface area contributed by atoms with Crippen LogP contribution in [0.2, 0.25) is 0 Å². The summed E-state index contributed by atoms with van der Waals surface area (Å²) in [6, 6.07) is 7.53. The molecule has 0 spiro atoms. The smallest absolute Gasteiger partial charge is 0.196 e. The summed E-state index contributed by atoms with van der Waals surface area (Å²) in [4.78, 5) is 11.5. The molecule has 0 bridgehead atoms. The molecule has 2 aromatic rings. The number of halogens is 1. The molecule has 0 amide bonds. The van der Waals surface area contributed by atoms with Gasteiger partial charge in [0.2, 0.25) is 0 Å². The standard InChI is InChI=1S/C10H9ClN2O/c1-13-10(9(14)6-11)7-4-2-3-5-8(7)12-13/h2-5H,6H2,1H3. The Hall–Kier alpha value is -1.35. The number of alkyl halides is 1. The van der Waals surface area contributed by atoms with E-state index in [2.05, 4.69) is 5.10 Å². The summed E-state index contributed by atoms with van der Waals surface area (Å²) >= 11 is 5.53. The van der Waals surface area contributed by atoms with Crippen molar-refractivity contribution in [2.75, 3.05) is 5.88 Å². The molecule has 3 nitrogen and oxygen atoms in total. The van der Waals surface area contributed by atoms with E-state index < -0.39 is 0 Å². The fourth-order valence-electron chi connectivity index (χ4n) is 1.54. The Balaban J connectivity index is 2.74. The maximum absolute atomic E-state index is 11.5. The molecule has 14 heavy (non-hydrogen) atoms. The van der Waals surface area contributed by atoms with Crippen LogP contribution < -0.4 is 0 Å². The van der Waals surface area contributed by atoms with Crippen LogP contribution in [-0.4, -0.2) is 21.4 Å². The number of hydrogen-bond acceptors (Lipinski definition) is 2. The first kappa shape index (κ1) is 9.21. The Morgan fingerprint density at radius 3 is 2.93 bits per heavy atom. The monoisotopic (exact) mass is 208 g/mol. The molecular weight excluding hydrogens is 200 g/mol. The number of rotatable bonds is 2. The first-order valence-electron chi connectivity index (χ1n) is 4.25. The number of carbonyl (C=O) groups excluding carboxylic acids is 1. The van der Waals surface area contributed by atoms with Gasteiger partial charge in [0.25, 0.3) is 0 Å². The summed E-state index contributed by atoms with van der Waals surface area (Å²) in [5.74, 6) is -0.105. The maximum atomic E-state index is 11.5. The summed E-state index contributed by atoms with van der Waals surface area (Å²) in [7, 11) is 1.75. The van der Waals surface area contributed by atoms with Gasteiger partial charge in [-0.1, -0.05) is 18.2 Å². The molecule has 0 unspecified atom stereocenters. The predicted octanol–water partition coefficient (Wildman–Crippen LogP) is 1.99. The number of Topliss-reactive ketones (excluding diaryl/α,β-unsaturated/α-hetero) is 1. The van der Waals surface area contributed by atoms with E-state index in [1.54, 1.807) is 11.7 Å². The number of hydrogen-bond donors (Lipinski definition) is 0. The van der Waals surface area contributed by atoms with Crippen molar-refractivity contribution in [1.82, 2.24) is 9.78 Å². The Bertz CT molecular complexity index is 490. The van der Waals surface area contributed by atoms with Gasteiger partial charge in [-0.25, -0.2) is 0 Å². The van der Waals surface area contributed by atoms with Crippen LogP contribution >= 0.6 is 11.6 Å². The first-order chi connectivity index (χ1) is 6.74. The van der Waals surface area contributed by atoms with Gasteiger partial charge in [0.1, 0.15) is 5.69 Å². The Morgan fingerprint density at radius 2 is 2.21 bits per heavy atom. The molecule has 1 aromatic heterocycles. The van der Waals surface area contributed by atoms with Crippen LogP contribution in [0.15, 0.2) is 24.3 Å². The average Bonchev–Trinajstić information content (AvgIpc) is 2.53. The zero-order valence-corrected chi connectivity index (χ0v) is 8.45. The second kappa shape index (κ2) is 3.42. The SMILES string of the molecule is Cn1nc2ccccc2c1C(=O)CCl. The van der Waals surface area contributed by atoms with Gasteiger partial charge < -0.3 is 0 Å². The number of ketones is 1. The Morgan fingerprint density at radius 1 is 1.50 bits per heavy atom. The van der Waals surface area contributed by atoms with Gasteiger partial charge in [0.15, 0.2) is 5.78 Å². The summed E-state index contributed by atoms with van der Waals surface area (Å²) < 4.78 is 1.58. The van der Waals surface area contributed by atoms with Crippen molar-refractivity contribution in [2.24, 2.45) is 7.05 Å². The molecule has 0 atom stereocenters. The molecule has 2 rings (SSSR count). The highest BCUT2D eigenvalue weighted by molar-refractivity contribution is 6.31. The minimum atomic E-state index is -0.0946. The molecule has 0 aliphatic rings. The van der Waals surface area contributed by atoms with Crippen molar-refractivity contribution in [3.8, 4) is 0 Å². The van der Waals surface area contributed by atoms with Gasteiger partial charge >= 0.3 is 0 Å². The van der Waals surface area contributed by atoms with E-state index in [1.165, 1.54) is 0 Å². The lowest BCUT2D eigenvalue weighted by Gasteiger charge is -1.97. The largest absolute Gasteiger partial charge is 0.291 e. The minimum absolute atomic E-state index is 0.0104. The zero-order chi connectivity index (χ0) is 10.1. The van der Waals surface area contributed by atoms with E-state index in [1.807, 2.05) is 24.3 Å². The molecule has 72 valence electrons. The second-order valence-corrected chi connectivity index (χ2v) is 3.31. The molecule has 0 aliphatic carbocycles.